The topological polar surface area (TPSA) is 70.2 Å². The van der Waals surface area contributed by atoms with Gasteiger partial charge in [0.15, 0.2) is 0 Å². The van der Waals surface area contributed by atoms with E-state index < -0.39 is 10.0 Å². The molecule has 43 heavy (non-hydrogen) atoms. The number of sulfonamides is 1. The number of nitrogens with zero attached hydrogens (tertiary/aromatic N) is 3. The molecule has 1 amide bonds. The Morgan fingerprint density at radius 2 is 1.53 bits per heavy atom. The lowest BCUT2D eigenvalue weighted by molar-refractivity contribution is 0.0646. The van der Waals surface area contributed by atoms with Crippen molar-refractivity contribution in [3.05, 3.63) is 114 Å². The maximum atomic E-state index is 13.4. The van der Waals surface area contributed by atoms with E-state index in [-0.39, 0.29) is 24.2 Å². The van der Waals surface area contributed by atoms with E-state index in [1.165, 1.54) is 4.31 Å². The van der Waals surface area contributed by atoms with Gasteiger partial charge in [-0.25, -0.2) is 17.5 Å². The summed E-state index contributed by atoms with van der Waals surface area (Å²) in [6.07, 6.45) is 6.22. The van der Waals surface area contributed by atoms with Crippen molar-refractivity contribution in [1.82, 2.24) is 14.1 Å². The minimum absolute atomic E-state index is 0.110. The molecule has 0 spiro atoms. The van der Waals surface area contributed by atoms with Gasteiger partial charge in [0.25, 0.3) is 0 Å². The lowest BCUT2D eigenvalue weighted by atomic mass is 9.79. The molecule has 4 rings (SSSR count). The van der Waals surface area contributed by atoms with Crippen molar-refractivity contribution in [3.8, 4) is 0 Å². The molecule has 1 fully saturated rings. The predicted octanol–water partition coefficient (Wildman–Crippen LogP) is 6.33. The van der Waals surface area contributed by atoms with Crippen molar-refractivity contribution in [2.45, 2.75) is 56.1 Å². The van der Waals surface area contributed by atoms with Gasteiger partial charge in [-0.15, -0.1) is 0 Å². The Kier molecular flexibility index (Phi) is 11.6. The molecule has 1 aliphatic heterocycles. The van der Waals surface area contributed by atoms with Crippen LogP contribution in [0.3, 0.4) is 0 Å². The Morgan fingerprint density at radius 3 is 2.14 bits per heavy atom. The van der Waals surface area contributed by atoms with Gasteiger partial charge in [-0.2, -0.15) is 0 Å². The third-order valence-electron chi connectivity index (χ3n) is 8.45. The molecule has 3 aromatic rings. The number of likely N-dealkylation sites (tertiary alicyclic amines) is 1. The first kappa shape index (κ1) is 32.5. The lowest BCUT2D eigenvalue weighted by Gasteiger charge is -2.40. The molecule has 0 radical (unpaired) electrons. The summed E-state index contributed by atoms with van der Waals surface area (Å²) in [7, 11) is -1.94. The smallest absolute Gasteiger partial charge is 0.410 e. The minimum Gasteiger partial charge on any atom is -0.445 e. The largest absolute Gasteiger partial charge is 0.445 e. The fourth-order valence-corrected chi connectivity index (χ4v) is 7.07. The van der Waals surface area contributed by atoms with E-state index >= 15 is 0 Å². The number of hydrogen-bond donors (Lipinski definition) is 0. The summed E-state index contributed by atoms with van der Waals surface area (Å²) in [6, 6.07) is 28.7. The molecular weight excluding hydrogens is 558 g/mol. The number of piperidine rings is 1. The number of carbonyl (C=O) groups excluding carboxylic acids is 1. The zero-order valence-corrected chi connectivity index (χ0v) is 26.5. The van der Waals surface area contributed by atoms with Crippen molar-refractivity contribution in [2.75, 3.05) is 39.8 Å². The van der Waals surface area contributed by atoms with Gasteiger partial charge >= 0.3 is 6.09 Å². The van der Waals surface area contributed by atoms with Crippen LogP contribution in [0, 0.1) is 0 Å². The van der Waals surface area contributed by atoms with E-state index in [4.69, 9.17) is 4.74 Å². The third kappa shape index (κ3) is 8.78. The number of benzene rings is 3. The van der Waals surface area contributed by atoms with Gasteiger partial charge in [0.1, 0.15) is 6.61 Å². The summed E-state index contributed by atoms with van der Waals surface area (Å²) in [5.74, 6) is 0. The van der Waals surface area contributed by atoms with E-state index in [9.17, 15) is 13.2 Å². The second-order valence-corrected chi connectivity index (χ2v) is 13.6. The maximum Gasteiger partial charge on any atom is 0.410 e. The standard InChI is InChI=1S/C35H45N3O4S/c1-4-5-24-38(34(39)42-28-30-15-9-6-10-16-30)32-21-25-37(26-22-32)27-23-35(2,31-17-11-7-12-18-31)29-36(3)43(40,41)33-19-13-8-14-20-33/h4-20,32H,21-29H2,1-3H3/b5-4-. The van der Waals surface area contributed by atoms with E-state index in [1.54, 1.807) is 31.3 Å². The monoisotopic (exact) mass is 603 g/mol. The second-order valence-electron chi connectivity index (χ2n) is 11.6. The Morgan fingerprint density at radius 1 is 0.953 bits per heavy atom. The lowest BCUT2D eigenvalue weighted by Crippen LogP contribution is -2.48. The van der Waals surface area contributed by atoms with Crippen LogP contribution in [0.25, 0.3) is 0 Å². The van der Waals surface area contributed by atoms with Gasteiger partial charge in [-0.1, -0.05) is 97.9 Å². The van der Waals surface area contributed by atoms with Gasteiger partial charge in [-0.3, -0.25) is 0 Å². The van der Waals surface area contributed by atoms with Crippen LogP contribution in [-0.4, -0.2) is 74.4 Å². The highest BCUT2D eigenvalue weighted by Gasteiger charge is 2.34. The number of carbonyl (C=O) groups is 1. The van der Waals surface area contributed by atoms with E-state index in [0.717, 1.165) is 50.0 Å². The normalized spacial score (nSPS) is 16.3. The van der Waals surface area contributed by atoms with E-state index in [1.807, 2.05) is 78.6 Å². The molecule has 0 aromatic heterocycles. The summed E-state index contributed by atoms with van der Waals surface area (Å²) >= 11 is 0. The fraction of sp³-hybridized carbons (Fsp3) is 0.400. The number of rotatable bonds is 13. The average molecular weight is 604 g/mol. The van der Waals surface area contributed by atoms with Gasteiger partial charge in [0.05, 0.1) is 4.90 Å². The highest BCUT2D eigenvalue weighted by atomic mass is 32.2. The van der Waals surface area contributed by atoms with Crippen molar-refractivity contribution in [3.63, 3.8) is 0 Å². The minimum atomic E-state index is -3.61. The first-order chi connectivity index (χ1) is 20.7. The first-order valence-corrected chi connectivity index (χ1v) is 16.5. The molecule has 1 saturated heterocycles. The molecule has 230 valence electrons. The average Bonchev–Trinajstić information content (AvgIpc) is 3.05. The molecule has 0 saturated carbocycles. The number of ether oxygens (including phenoxy) is 1. The Bertz CT molecular complexity index is 1410. The third-order valence-corrected chi connectivity index (χ3v) is 10.3. The molecule has 7 nitrogen and oxygen atoms in total. The van der Waals surface area contributed by atoms with Crippen LogP contribution in [0.5, 0.6) is 0 Å². The van der Waals surface area contributed by atoms with Crippen LogP contribution >= 0.6 is 0 Å². The Hall–Kier alpha value is -3.46. The molecule has 0 aliphatic carbocycles. The highest BCUT2D eigenvalue weighted by molar-refractivity contribution is 7.89. The first-order valence-electron chi connectivity index (χ1n) is 15.1. The number of hydrogen-bond acceptors (Lipinski definition) is 5. The van der Waals surface area contributed by atoms with Gasteiger partial charge in [0, 0.05) is 44.7 Å². The van der Waals surface area contributed by atoms with E-state index in [2.05, 4.69) is 24.0 Å². The van der Waals surface area contributed by atoms with Crippen LogP contribution < -0.4 is 0 Å². The van der Waals surface area contributed by atoms with Crippen LogP contribution in [0.15, 0.2) is 108 Å². The zero-order chi connectivity index (χ0) is 30.7. The summed E-state index contributed by atoms with van der Waals surface area (Å²) < 4.78 is 33.9. The molecule has 1 heterocycles. The molecule has 0 bridgehead atoms. The van der Waals surface area contributed by atoms with Gasteiger partial charge in [0.2, 0.25) is 10.0 Å². The van der Waals surface area contributed by atoms with Crippen molar-refractivity contribution in [2.24, 2.45) is 0 Å². The van der Waals surface area contributed by atoms with Crippen LogP contribution in [0.4, 0.5) is 4.79 Å². The van der Waals surface area contributed by atoms with Gasteiger partial charge < -0.3 is 14.5 Å². The van der Waals surface area contributed by atoms with Crippen molar-refractivity contribution < 1.29 is 17.9 Å². The summed E-state index contributed by atoms with van der Waals surface area (Å²) in [6.45, 7) is 7.86. The Labute approximate surface area is 257 Å². The molecule has 1 aliphatic rings. The fourth-order valence-electron chi connectivity index (χ4n) is 5.76. The second kappa shape index (κ2) is 15.3. The summed E-state index contributed by atoms with van der Waals surface area (Å²) in [5, 5.41) is 0. The Balaban J connectivity index is 1.38. The predicted molar refractivity (Wildman–Crippen MR) is 172 cm³/mol. The van der Waals surface area contributed by atoms with Crippen LogP contribution in [0.2, 0.25) is 0 Å². The number of amides is 1. The molecule has 0 N–H and O–H groups in total. The van der Waals surface area contributed by atoms with Crippen LogP contribution in [-0.2, 0) is 26.8 Å². The summed E-state index contributed by atoms with van der Waals surface area (Å²) in [5.41, 5.74) is 1.72. The van der Waals surface area contributed by atoms with Crippen molar-refractivity contribution in [1.29, 1.82) is 0 Å². The quantitative estimate of drug-likeness (QED) is 0.214. The highest BCUT2D eigenvalue weighted by Crippen LogP contribution is 2.31. The SMILES string of the molecule is C/C=C\CN(C(=O)OCc1ccccc1)C1CCN(CCC(C)(CN(C)S(=O)(=O)c2ccccc2)c2ccccc2)CC1. The number of allylic oxidation sites excluding steroid dienone is 1. The van der Waals surface area contributed by atoms with E-state index in [0.29, 0.717) is 18.0 Å². The molecule has 1 unspecified atom stereocenters. The van der Waals surface area contributed by atoms with Crippen molar-refractivity contribution >= 4 is 16.1 Å². The molecule has 3 aromatic carbocycles. The van der Waals surface area contributed by atoms with Gasteiger partial charge in [-0.05, 0) is 56.0 Å². The molecular formula is C35H45N3O4S. The van der Waals surface area contributed by atoms with Crippen LogP contribution in [0.1, 0.15) is 44.2 Å². The zero-order valence-electron chi connectivity index (χ0n) is 25.6. The molecule has 8 heteroatoms. The molecule has 1 atom stereocenters. The number of likely N-dealkylation sites (N-methyl/N-ethyl adjacent to an activating group) is 1. The maximum absolute atomic E-state index is 13.4. The summed E-state index contributed by atoms with van der Waals surface area (Å²) in [4.78, 5) is 17.7.